The number of rotatable bonds is 3. The molecule has 0 spiro atoms. The van der Waals surface area contributed by atoms with E-state index in [1.807, 2.05) is 24.3 Å². The van der Waals surface area contributed by atoms with E-state index in [1.54, 1.807) is 0 Å². The van der Waals surface area contributed by atoms with Crippen LogP contribution in [0.4, 0.5) is 5.69 Å². The van der Waals surface area contributed by atoms with E-state index in [1.165, 1.54) is 11.1 Å². The van der Waals surface area contributed by atoms with Crippen LogP contribution in [0.2, 0.25) is 0 Å². The first-order valence-corrected chi connectivity index (χ1v) is 7.09. The zero-order chi connectivity index (χ0) is 13.9. The summed E-state index contributed by atoms with van der Waals surface area (Å²) in [5, 5.41) is 12.6. The quantitative estimate of drug-likeness (QED) is 0.898. The Morgan fingerprint density at radius 1 is 1.05 bits per heavy atom. The van der Waals surface area contributed by atoms with E-state index in [9.17, 15) is 0 Å². The Bertz CT molecular complexity index is 648. The van der Waals surface area contributed by atoms with Gasteiger partial charge in [0.15, 0.2) is 0 Å². The number of hydrogen-bond donors (Lipinski definition) is 1. The highest BCUT2D eigenvalue weighted by Crippen LogP contribution is 2.39. The molecule has 2 heteroatoms. The van der Waals surface area contributed by atoms with Crippen molar-refractivity contribution in [2.75, 3.05) is 5.32 Å². The molecule has 0 bridgehead atoms. The van der Waals surface area contributed by atoms with Crippen molar-refractivity contribution >= 4 is 5.69 Å². The van der Waals surface area contributed by atoms with Crippen molar-refractivity contribution in [2.45, 2.75) is 31.7 Å². The number of nitrogens with zero attached hydrogens (tertiary/aromatic N) is 1. The molecule has 0 heterocycles. The largest absolute Gasteiger partial charge is 0.381 e. The summed E-state index contributed by atoms with van der Waals surface area (Å²) in [6, 6.07) is 19.1. The lowest BCUT2D eigenvalue weighted by molar-refractivity contribution is 0.373. The summed E-state index contributed by atoms with van der Waals surface area (Å²) in [6.07, 6.45) is 2.29. The monoisotopic (exact) mass is 262 g/mol. The number of anilines is 1. The normalized spacial score (nSPS) is 20.8. The molecular formula is C18H18N2. The van der Waals surface area contributed by atoms with Gasteiger partial charge in [-0.2, -0.15) is 5.26 Å². The standard InChI is InChI=1S/C18H18N2/c1-13-6-2-4-8-17(13)15-10-16(11-15)20-18-9-5-3-7-14(18)12-19/h2-9,15-16,20H,10-11H2,1H3. The Morgan fingerprint density at radius 2 is 1.75 bits per heavy atom. The summed E-state index contributed by atoms with van der Waals surface area (Å²) in [7, 11) is 0. The summed E-state index contributed by atoms with van der Waals surface area (Å²) >= 11 is 0. The zero-order valence-electron chi connectivity index (χ0n) is 11.6. The van der Waals surface area contributed by atoms with E-state index >= 15 is 0 Å². The van der Waals surface area contributed by atoms with E-state index < -0.39 is 0 Å². The molecule has 20 heavy (non-hydrogen) atoms. The predicted octanol–water partition coefficient (Wildman–Crippen LogP) is 4.22. The van der Waals surface area contributed by atoms with E-state index in [2.05, 4.69) is 42.6 Å². The lowest BCUT2D eigenvalue weighted by atomic mass is 9.74. The van der Waals surface area contributed by atoms with Gasteiger partial charge in [0.1, 0.15) is 6.07 Å². The Kier molecular flexibility index (Phi) is 3.43. The highest BCUT2D eigenvalue weighted by molar-refractivity contribution is 5.58. The molecule has 3 rings (SSSR count). The van der Waals surface area contributed by atoms with Crippen LogP contribution in [0.25, 0.3) is 0 Å². The second kappa shape index (κ2) is 5.38. The average molecular weight is 262 g/mol. The third-order valence-corrected chi connectivity index (χ3v) is 4.17. The van der Waals surface area contributed by atoms with Gasteiger partial charge in [0.05, 0.1) is 11.3 Å². The zero-order valence-corrected chi connectivity index (χ0v) is 11.6. The van der Waals surface area contributed by atoms with Crippen LogP contribution in [0, 0.1) is 18.3 Å². The Labute approximate surface area is 120 Å². The molecule has 0 amide bonds. The molecule has 1 aliphatic rings. The third-order valence-electron chi connectivity index (χ3n) is 4.17. The summed E-state index contributed by atoms with van der Waals surface area (Å²) in [5.74, 6) is 0.656. The van der Waals surface area contributed by atoms with Crippen molar-refractivity contribution in [3.05, 3.63) is 65.2 Å². The molecule has 1 aliphatic carbocycles. The molecule has 0 aromatic heterocycles. The van der Waals surface area contributed by atoms with E-state index in [4.69, 9.17) is 5.26 Å². The number of nitrogens with one attached hydrogen (secondary N) is 1. The first kappa shape index (κ1) is 12.7. The smallest absolute Gasteiger partial charge is 0.101 e. The second-order valence-electron chi connectivity index (χ2n) is 5.52. The molecule has 0 saturated heterocycles. The van der Waals surface area contributed by atoms with Crippen LogP contribution in [-0.2, 0) is 0 Å². The summed E-state index contributed by atoms with van der Waals surface area (Å²) in [4.78, 5) is 0. The van der Waals surface area contributed by atoms with Gasteiger partial charge in [-0.25, -0.2) is 0 Å². The van der Waals surface area contributed by atoms with Crippen LogP contribution in [-0.4, -0.2) is 6.04 Å². The molecule has 0 unspecified atom stereocenters. The Balaban J connectivity index is 1.64. The Hall–Kier alpha value is -2.27. The van der Waals surface area contributed by atoms with Gasteiger partial charge in [0.2, 0.25) is 0 Å². The minimum Gasteiger partial charge on any atom is -0.381 e. The van der Waals surface area contributed by atoms with Gasteiger partial charge in [0, 0.05) is 6.04 Å². The summed E-state index contributed by atoms with van der Waals surface area (Å²) in [6.45, 7) is 2.18. The number of aryl methyl sites for hydroxylation is 1. The van der Waals surface area contributed by atoms with Crippen LogP contribution in [0.5, 0.6) is 0 Å². The maximum absolute atomic E-state index is 9.10. The van der Waals surface area contributed by atoms with Gasteiger partial charge >= 0.3 is 0 Å². The molecule has 2 aromatic rings. The van der Waals surface area contributed by atoms with E-state index in [0.29, 0.717) is 12.0 Å². The highest BCUT2D eigenvalue weighted by atomic mass is 14.9. The fraction of sp³-hybridized carbons (Fsp3) is 0.278. The maximum atomic E-state index is 9.10. The SMILES string of the molecule is Cc1ccccc1C1CC(Nc2ccccc2C#N)C1. The van der Waals surface area contributed by atoms with Crippen LogP contribution in [0.15, 0.2) is 48.5 Å². The molecule has 0 aliphatic heterocycles. The minimum absolute atomic E-state index is 0.481. The van der Waals surface area contributed by atoms with Crippen molar-refractivity contribution in [3.63, 3.8) is 0 Å². The molecule has 100 valence electrons. The van der Waals surface area contributed by atoms with Crippen molar-refractivity contribution in [1.29, 1.82) is 5.26 Å². The van der Waals surface area contributed by atoms with Crippen molar-refractivity contribution in [2.24, 2.45) is 0 Å². The maximum Gasteiger partial charge on any atom is 0.101 e. The van der Waals surface area contributed by atoms with Crippen LogP contribution < -0.4 is 5.32 Å². The highest BCUT2D eigenvalue weighted by Gasteiger charge is 2.31. The van der Waals surface area contributed by atoms with Crippen molar-refractivity contribution in [1.82, 2.24) is 0 Å². The minimum atomic E-state index is 0.481. The van der Waals surface area contributed by atoms with Crippen molar-refractivity contribution < 1.29 is 0 Å². The van der Waals surface area contributed by atoms with Crippen LogP contribution in [0.1, 0.15) is 35.4 Å². The molecular weight excluding hydrogens is 244 g/mol. The van der Waals surface area contributed by atoms with Gasteiger partial charge in [0.25, 0.3) is 0 Å². The molecule has 1 saturated carbocycles. The number of benzene rings is 2. The van der Waals surface area contributed by atoms with E-state index in [-0.39, 0.29) is 0 Å². The molecule has 2 nitrogen and oxygen atoms in total. The van der Waals surface area contributed by atoms with Crippen LogP contribution in [0.3, 0.4) is 0 Å². The summed E-state index contributed by atoms with van der Waals surface area (Å²) in [5.41, 5.74) is 4.54. The van der Waals surface area contributed by atoms with Gasteiger partial charge < -0.3 is 5.32 Å². The van der Waals surface area contributed by atoms with E-state index in [0.717, 1.165) is 24.1 Å². The number of nitriles is 1. The van der Waals surface area contributed by atoms with Gasteiger partial charge in [-0.15, -0.1) is 0 Å². The van der Waals surface area contributed by atoms with Crippen molar-refractivity contribution in [3.8, 4) is 6.07 Å². The molecule has 1 fully saturated rings. The average Bonchev–Trinajstić information content (AvgIpc) is 2.44. The summed E-state index contributed by atoms with van der Waals surface area (Å²) < 4.78 is 0. The second-order valence-corrected chi connectivity index (χ2v) is 5.52. The molecule has 0 radical (unpaired) electrons. The first-order valence-electron chi connectivity index (χ1n) is 7.09. The fourth-order valence-corrected chi connectivity index (χ4v) is 2.96. The Morgan fingerprint density at radius 3 is 2.50 bits per heavy atom. The third kappa shape index (κ3) is 2.40. The predicted molar refractivity (Wildman–Crippen MR) is 81.7 cm³/mol. The van der Waals surface area contributed by atoms with Gasteiger partial charge in [-0.1, -0.05) is 36.4 Å². The molecule has 1 N–H and O–H groups in total. The number of hydrogen-bond acceptors (Lipinski definition) is 2. The first-order chi connectivity index (χ1) is 9.78. The van der Waals surface area contributed by atoms with Gasteiger partial charge in [-0.05, 0) is 48.9 Å². The topological polar surface area (TPSA) is 35.8 Å². The molecule has 0 atom stereocenters. The lowest BCUT2D eigenvalue weighted by Crippen LogP contribution is -2.34. The van der Waals surface area contributed by atoms with Crippen LogP contribution >= 0.6 is 0 Å². The molecule has 2 aromatic carbocycles. The lowest BCUT2D eigenvalue weighted by Gasteiger charge is -2.37. The van der Waals surface area contributed by atoms with Gasteiger partial charge in [-0.3, -0.25) is 0 Å². The fourth-order valence-electron chi connectivity index (χ4n) is 2.96. The number of para-hydroxylation sites is 1.